The van der Waals surface area contributed by atoms with E-state index in [9.17, 15) is 4.79 Å². The fourth-order valence-electron chi connectivity index (χ4n) is 4.09. The average molecular weight is 301 g/mol. The van der Waals surface area contributed by atoms with E-state index in [2.05, 4.69) is 24.5 Å². The number of rotatable bonds is 5. The van der Waals surface area contributed by atoms with Crippen LogP contribution < -0.4 is 10.6 Å². The van der Waals surface area contributed by atoms with Gasteiger partial charge < -0.3 is 10.6 Å². The number of hydrogen-bond acceptors (Lipinski definition) is 2. The molecule has 0 bridgehead atoms. The van der Waals surface area contributed by atoms with Gasteiger partial charge in [0.15, 0.2) is 0 Å². The minimum Gasteiger partial charge on any atom is -0.355 e. The fraction of sp³-hybridized carbons (Fsp3) is 0.938. The SMILES string of the molecule is CC(C)CC1(CNC(=O)C2CC23CCNCC3)CC1.Cl. The van der Waals surface area contributed by atoms with Crippen LogP contribution in [0.4, 0.5) is 0 Å². The number of piperidine rings is 1. The predicted octanol–water partition coefficient (Wildman–Crippen LogP) is 2.74. The Kier molecular flexibility index (Phi) is 4.70. The molecule has 0 aromatic heterocycles. The summed E-state index contributed by atoms with van der Waals surface area (Å²) in [7, 11) is 0. The molecule has 3 rings (SSSR count). The average Bonchev–Trinajstić information content (AvgIpc) is 3.26. The predicted molar refractivity (Wildman–Crippen MR) is 84.0 cm³/mol. The van der Waals surface area contributed by atoms with Crippen LogP contribution in [0.25, 0.3) is 0 Å². The van der Waals surface area contributed by atoms with Crippen molar-refractivity contribution in [3.63, 3.8) is 0 Å². The summed E-state index contributed by atoms with van der Waals surface area (Å²) in [6.07, 6.45) is 7.42. The molecule has 1 amide bonds. The van der Waals surface area contributed by atoms with Gasteiger partial charge in [-0.15, -0.1) is 12.4 Å². The van der Waals surface area contributed by atoms with Crippen molar-refractivity contribution in [2.45, 2.75) is 52.4 Å². The number of nitrogens with one attached hydrogen (secondary N) is 2. The molecule has 1 spiro atoms. The quantitative estimate of drug-likeness (QED) is 0.820. The Morgan fingerprint density at radius 1 is 1.25 bits per heavy atom. The third kappa shape index (κ3) is 3.30. The molecular formula is C16H29ClN2O. The summed E-state index contributed by atoms with van der Waals surface area (Å²) in [5, 5.41) is 6.66. The molecule has 0 radical (unpaired) electrons. The lowest BCUT2D eigenvalue weighted by Crippen LogP contribution is -2.36. The lowest BCUT2D eigenvalue weighted by molar-refractivity contribution is -0.123. The maximum atomic E-state index is 12.3. The first-order chi connectivity index (χ1) is 9.05. The van der Waals surface area contributed by atoms with Gasteiger partial charge in [-0.2, -0.15) is 0 Å². The van der Waals surface area contributed by atoms with Crippen molar-refractivity contribution in [2.24, 2.45) is 22.7 Å². The van der Waals surface area contributed by atoms with E-state index in [0.29, 0.717) is 22.7 Å². The number of hydrogen-bond donors (Lipinski definition) is 2. The third-order valence-corrected chi connectivity index (χ3v) is 5.54. The lowest BCUT2D eigenvalue weighted by atomic mass is 9.91. The molecule has 3 nitrogen and oxygen atoms in total. The van der Waals surface area contributed by atoms with Crippen LogP contribution in [0.2, 0.25) is 0 Å². The maximum absolute atomic E-state index is 12.3. The molecule has 2 saturated carbocycles. The first-order valence-corrected chi connectivity index (χ1v) is 8.04. The summed E-state index contributed by atoms with van der Waals surface area (Å²) in [5.41, 5.74) is 0.837. The highest BCUT2D eigenvalue weighted by Gasteiger charge is 2.57. The van der Waals surface area contributed by atoms with Crippen LogP contribution in [0.5, 0.6) is 0 Å². The zero-order valence-electron chi connectivity index (χ0n) is 12.8. The molecule has 0 aromatic rings. The lowest BCUT2D eigenvalue weighted by Gasteiger charge is -2.24. The summed E-state index contributed by atoms with van der Waals surface area (Å²) in [6, 6.07) is 0. The fourth-order valence-corrected chi connectivity index (χ4v) is 4.09. The summed E-state index contributed by atoms with van der Waals surface area (Å²) < 4.78 is 0. The first-order valence-electron chi connectivity index (χ1n) is 8.04. The molecule has 3 fully saturated rings. The van der Waals surface area contributed by atoms with E-state index in [-0.39, 0.29) is 12.4 Å². The monoisotopic (exact) mass is 300 g/mol. The zero-order valence-corrected chi connectivity index (χ0v) is 13.7. The van der Waals surface area contributed by atoms with Crippen molar-refractivity contribution in [3.8, 4) is 0 Å². The van der Waals surface area contributed by atoms with Crippen LogP contribution in [0.15, 0.2) is 0 Å². The summed E-state index contributed by atoms with van der Waals surface area (Å²) >= 11 is 0. The standard InChI is InChI=1S/C16H28N2O.ClH/c1-12(2)9-15(3-4-15)11-18-14(19)13-10-16(13)5-7-17-8-6-16;/h12-13,17H,3-11H2,1-2H3,(H,18,19);1H. The summed E-state index contributed by atoms with van der Waals surface area (Å²) in [6.45, 7) is 7.69. The van der Waals surface area contributed by atoms with Crippen LogP contribution in [0.3, 0.4) is 0 Å². The van der Waals surface area contributed by atoms with Crippen LogP contribution >= 0.6 is 12.4 Å². The molecule has 2 N–H and O–H groups in total. The normalized spacial score (nSPS) is 28.9. The van der Waals surface area contributed by atoms with Gasteiger partial charge in [-0.3, -0.25) is 4.79 Å². The Balaban J connectivity index is 0.00000147. The Morgan fingerprint density at radius 2 is 1.90 bits per heavy atom. The van der Waals surface area contributed by atoms with Gasteiger partial charge >= 0.3 is 0 Å². The van der Waals surface area contributed by atoms with E-state index < -0.39 is 0 Å². The van der Waals surface area contributed by atoms with Crippen molar-refractivity contribution in [3.05, 3.63) is 0 Å². The molecule has 1 heterocycles. The van der Waals surface area contributed by atoms with Gasteiger partial charge in [0.05, 0.1) is 0 Å². The molecule has 3 aliphatic rings. The molecule has 1 unspecified atom stereocenters. The molecule has 0 aromatic carbocycles. The van der Waals surface area contributed by atoms with Gasteiger partial charge in [-0.05, 0) is 68.4 Å². The second-order valence-electron chi connectivity index (χ2n) is 7.68. The van der Waals surface area contributed by atoms with Crippen LogP contribution in [-0.2, 0) is 4.79 Å². The molecule has 4 heteroatoms. The Labute approximate surface area is 129 Å². The van der Waals surface area contributed by atoms with E-state index in [4.69, 9.17) is 0 Å². The van der Waals surface area contributed by atoms with E-state index >= 15 is 0 Å². The number of carbonyl (C=O) groups is 1. The number of halogens is 1. The molecule has 1 atom stereocenters. The highest BCUT2D eigenvalue weighted by Crippen LogP contribution is 2.58. The van der Waals surface area contributed by atoms with Gasteiger partial charge in [0, 0.05) is 12.5 Å². The van der Waals surface area contributed by atoms with E-state index in [1.807, 2.05) is 0 Å². The second-order valence-corrected chi connectivity index (χ2v) is 7.68. The van der Waals surface area contributed by atoms with Gasteiger partial charge in [0.2, 0.25) is 5.91 Å². The van der Waals surface area contributed by atoms with Crippen molar-refractivity contribution < 1.29 is 4.79 Å². The van der Waals surface area contributed by atoms with Gasteiger partial charge in [0.25, 0.3) is 0 Å². The summed E-state index contributed by atoms with van der Waals surface area (Å²) in [4.78, 5) is 12.3. The second kappa shape index (κ2) is 5.84. The number of carbonyl (C=O) groups excluding carboxylic acids is 1. The molecule has 2 aliphatic carbocycles. The first kappa shape index (κ1) is 16.1. The van der Waals surface area contributed by atoms with E-state index in [0.717, 1.165) is 32.0 Å². The number of amides is 1. The minimum atomic E-state index is 0. The van der Waals surface area contributed by atoms with Crippen molar-refractivity contribution in [1.82, 2.24) is 10.6 Å². The Morgan fingerprint density at radius 3 is 2.45 bits per heavy atom. The molecular weight excluding hydrogens is 272 g/mol. The van der Waals surface area contributed by atoms with Crippen LogP contribution in [-0.4, -0.2) is 25.5 Å². The van der Waals surface area contributed by atoms with Crippen molar-refractivity contribution in [2.75, 3.05) is 19.6 Å². The smallest absolute Gasteiger partial charge is 0.223 e. The van der Waals surface area contributed by atoms with E-state index in [1.54, 1.807) is 0 Å². The maximum Gasteiger partial charge on any atom is 0.223 e. The van der Waals surface area contributed by atoms with E-state index in [1.165, 1.54) is 32.1 Å². The van der Waals surface area contributed by atoms with Crippen molar-refractivity contribution in [1.29, 1.82) is 0 Å². The van der Waals surface area contributed by atoms with Crippen LogP contribution in [0, 0.1) is 22.7 Å². The van der Waals surface area contributed by atoms with Crippen molar-refractivity contribution >= 4 is 18.3 Å². The van der Waals surface area contributed by atoms with Gasteiger partial charge in [0.1, 0.15) is 0 Å². The van der Waals surface area contributed by atoms with Crippen LogP contribution in [0.1, 0.15) is 52.4 Å². The highest BCUT2D eigenvalue weighted by molar-refractivity contribution is 5.85. The molecule has 1 saturated heterocycles. The Hall–Kier alpha value is -0.280. The zero-order chi connectivity index (χ0) is 13.5. The minimum absolute atomic E-state index is 0. The summed E-state index contributed by atoms with van der Waals surface area (Å²) in [5.74, 6) is 1.41. The molecule has 20 heavy (non-hydrogen) atoms. The van der Waals surface area contributed by atoms with Gasteiger partial charge in [-0.25, -0.2) is 0 Å². The molecule has 116 valence electrons. The third-order valence-electron chi connectivity index (χ3n) is 5.54. The largest absolute Gasteiger partial charge is 0.355 e. The molecule has 1 aliphatic heterocycles. The van der Waals surface area contributed by atoms with Gasteiger partial charge in [-0.1, -0.05) is 13.8 Å². The topological polar surface area (TPSA) is 41.1 Å². The highest BCUT2D eigenvalue weighted by atomic mass is 35.5. The Bertz CT molecular complexity index is 359.